The Morgan fingerprint density at radius 2 is 2.04 bits per heavy atom. The largest absolute Gasteiger partial charge is 0.506 e. The summed E-state index contributed by atoms with van der Waals surface area (Å²) in [5, 5.41) is 13.0. The van der Waals surface area contributed by atoms with E-state index in [0.29, 0.717) is 5.52 Å². The Labute approximate surface area is 136 Å². The number of pyridine rings is 1. The Morgan fingerprint density at radius 3 is 2.65 bits per heavy atom. The number of aromatic nitrogens is 1. The molecule has 2 N–H and O–H groups in total. The van der Waals surface area contributed by atoms with E-state index in [1.54, 1.807) is 12.1 Å². The quantitative estimate of drug-likeness (QED) is 0.819. The molecule has 0 spiro atoms. The number of methoxy groups -OCH3 is 1. The first-order valence-electron chi connectivity index (χ1n) is 6.68. The zero-order chi connectivity index (χ0) is 17.3. The van der Waals surface area contributed by atoms with Crippen LogP contribution >= 0.6 is 11.6 Å². The number of halogens is 1. The second-order valence-corrected chi connectivity index (χ2v) is 5.35. The van der Waals surface area contributed by atoms with Gasteiger partial charge < -0.3 is 19.7 Å². The summed E-state index contributed by atoms with van der Waals surface area (Å²) in [6.07, 6.45) is 0. The third-order valence-electron chi connectivity index (χ3n) is 3.47. The van der Waals surface area contributed by atoms with Crippen LogP contribution in [0.25, 0.3) is 10.9 Å². The lowest BCUT2D eigenvalue weighted by Gasteiger charge is -2.15. The zero-order valence-electron chi connectivity index (χ0n) is 12.7. The molecule has 1 heterocycles. The van der Waals surface area contributed by atoms with Crippen LogP contribution in [-0.4, -0.2) is 34.7 Å². The van der Waals surface area contributed by atoms with E-state index in [9.17, 15) is 19.5 Å². The third kappa shape index (κ3) is 2.87. The van der Waals surface area contributed by atoms with Gasteiger partial charge in [0, 0.05) is 7.05 Å². The molecule has 0 aliphatic heterocycles. The molecule has 0 unspecified atom stereocenters. The molecule has 1 amide bonds. The summed E-state index contributed by atoms with van der Waals surface area (Å²) in [4.78, 5) is 36.0. The van der Waals surface area contributed by atoms with E-state index in [4.69, 9.17) is 11.6 Å². The number of aromatic hydroxyl groups is 1. The number of benzene rings is 1. The van der Waals surface area contributed by atoms with Crippen LogP contribution in [0.3, 0.4) is 0 Å². The van der Waals surface area contributed by atoms with Crippen LogP contribution in [-0.2, 0) is 16.6 Å². The molecule has 0 aliphatic carbocycles. The van der Waals surface area contributed by atoms with Crippen LogP contribution in [0.2, 0.25) is 5.02 Å². The summed E-state index contributed by atoms with van der Waals surface area (Å²) in [7, 11) is 2.64. The lowest BCUT2D eigenvalue weighted by atomic mass is 10.1. The number of nitrogens with zero attached hydrogens (tertiary/aromatic N) is 1. The first-order chi connectivity index (χ1) is 10.8. The van der Waals surface area contributed by atoms with Gasteiger partial charge in [0.15, 0.2) is 0 Å². The number of aryl methyl sites for hydroxylation is 1. The fourth-order valence-electron chi connectivity index (χ4n) is 2.24. The minimum Gasteiger partial charge on any atom is -0.506 e. The van der Waals surface area contributed by atoms with Gasteiger partial charge in [0.1, 0.15) is 17.4 Å². The SMILES string of the molecule is COC(=O)[C@H](C)NC(=O)c1c(O)c2c(Cl)cccc2n(C)c1=O. The molecular weight excluding hydrogens is 324 g/mol. The molecule has 2 rings (SSSR count). The molecular formula is C15H15ClN2O5. The van der Waals surface area contributed by atoms with E-state index >= 15 is 0 Å². The van der Waals surface area contributed by atoms with Crippen LogP contribution in [0.15, 0.2) is 23.0 Å². The molecule has 0 aliphatic rings. The predicted molar refractivity (Wildman–Crippen MR) is 84.8 cm³/mol. The van der Waals surface area contributed by atoms with Crippen molar-refractivity contribution in [3.8, 4) is 5.75 Å². The minimum absolute atomic E-state index is 0.187. The number of hydrogen-bond acceptors (Lipinski definition) is 5. The summed E-state index contributed by atoms with van der Waals surface area (Å²) in [6.45, 7) is 1.40. The van der Waals surface area contributed by atoms with Gasteiger partial charge in [-0.3, -0.25) is 9.59 Å². The zero-order valence-corrected chi connectivity index (χ0v) is 13.5. The molecule has 0 radical (unpaired) electrons. The molecule has 8 heteroatoms. The van der Waals surface area contributed by atoms with E-state index in [2.05, 4.69) is 10.1 Å². The van der Waals surface area contributed by atoms with Crippen molar-refractivity contribution in [1.29, 1.82) is 0 Å². The van der Waals surface area contributed by atoms with Crippen molar-refractivity contribution in [3.63, 3.8) is 0 Å². The predicted octanol–water partition coefficient (Wildman–Crippen LogP) is 1.19. The molecule has 1 aromatic heterocycles. The second-order valence-electron chi connectivity index (χ2n) is 4.94. The Bertz CT molecular complexity index is 859. The van der Waals surface area contributed by atoms with Gasteiger partial charge in [0.2, 0.25) is 0 Å². The molecule has 23 heavy (non-hydrogen) atoms. The number of esters is 1. The van der Waals surface area contributed by atoms with Crippen LogP contribution in [0.5, 0.6) is 5.75 Å². The fourth-order valence-corrected chi connectivity index (χ4v) is 2.50. The van der Waals surface area contributed by atoms with Gasteiger partial charge in [0.05, 0.1) is 23.0 Å². The molecule has 1 atom stereocenters. The monoisotopic (exact) mass is 338 g/mol. The van der Waals surface area contributed by atoms with Gasteiger partial charge in [-0.15, -0.1) is 0 Å². The summed E-state index contributed by atoms with van der Waals surface area (Å²) in [5.41, 5.74) is -0.798. The van der Waals surface area contributed by atoms with E-state index in [0.717, 1.165) is 0 Å². The smallest absolute Gasteiger partial charge is 0.328 e. The topological polar surface area (TPSA) is 97.6 Å². The van der Waals surface area contributed by atoms with E-state index < -0.39 is 34.8 Å². The number of ether oxygens (including phenoxy) is 1. The first-order valence-corrected chi connectivity index (χ1v) is 7.06. The molecule has 2 aromatic rings. The third-order valence-corrected chi connectivity index (χ3v) is 3.79. The fraction of sp³-hybridized carbons (Fsp3) is 0.267. The Kier molecular flexibility index (Phi) is 4.60. The maximum Gasteiger partial charge on any atom is 0.328 e. The van der Waals surface area contributed by atoms with Crippen molar-refractivity contribution in [1.82, 2.24) is 9.88 Å². The van der Waals surface area contributed by atoms with Crippen LogP contribution in [0.4, 0.5) is 0 Å². The molecule has 1 aromatic carbocycles. The highest BCUT2D eigenvalue weighted by Crippen LogP contribution is 2.32. The number of fused-ring (bicyclic) bond motifs is 1. The lowest BCUT2D eigenvalue weighted by molar-refractivity contribution is -0.142. The molecule has 7 nitrogen and oxygen atoms in total. The Hall–Kier alpha value is -2.54. The normalized spacial score (nSPS) is 12.0. The van der Waals surface area contributed by atoms with Gasteiger partial charge in [-0.1, -0.05) is 17.7 Å². The lowest BCUT2D eigenvalue weighted by Crippen LogP contribution is -2.41. The molecule has 122 valence electrons. The molecule has 0 bridgehead atoms. The summed E-state index contributed by atoms with van der Waals surface area (Å²) < 4.78 is 5.71. The summed E-state index contributed by atoms with van der Waals surface area (Å²) >= 11 is 6.06. The minimum atomic E-state index is -0.974. The van der Waals surface area contributed by atoms with Gasteiger partial charge in [-0.2, -0.15) is 0 Å². The Balaban J connectivity index is 2.62. The molecule has 0 saturated carbocycles. The van der Waals surface area contributed by atoms with Gasteiger partial charge in [-0.25, -0.2) is 4.79 Å². The van der Waals surface area contributed by atoms with Crippen LogP contribution in [0.1, 0.15) is 17.3 Å². The highest BCUT2D eigenvalue weighted by atomic mass is 35.5. The van der Waals surface area contributed by atoms with Crippen LogP contribution in [0, 0.1) is 0 Å². The maximum absolute atomic E-state index is 12.4. The number of amides is 1. The Morgan fingerprint density at radius 1 is 1.39 bits per heavy atom. The van der Waals surface area contributed by atoms with Crippen molar-refractivity contribution in [3.05, 3.63) is 39.1 Å². The average Bonchev–Trinajstić information content (AvgIpc) is 2.51. The van der Waals surface area contributed by atoms with Crippen molar-refractivity contribution in [2.24, 2.45) is 7.05 Å². The number of hydrogen-bond donors (Lipinski definition) is 2. The standard InChI is InChI=1S/C15H15ClN2O5/c1-7(15(22)23-3)17-13(20)11-12(19)10-8(16)5-4-6-9(10)18(2)14(11)21/h4-7,19H,1-3H3,(H,17,20)/t7-/m0/s1. The van der Waals surface area contributed by atoms with Gasteiger partial charge in [-0.05, 0) is 19.1 Å². The second kappa shape index (κ2) is 6.29. The van der Waals surface area contributed by atoms with Crippen molar-refractivity contribution < 1.29 is 19.4 Å². The maximum atomic E-state index is 12.4. The van der Waals surface area contributed by atoms with E-state index in [1.807, 2.05) is 0 Å². The highest BCUT2D eigenvalue weighted by Gasteiger charge is 2.25. The molecule has 0 fully saturated rings. The van der Waals surface area contributed by atoms with Crippen molar-refractivity contribution in [2.75, 3.05) is 7.11 Å². The first kappa shape index (κ1) is 16.8. The van der Waals surface area contributed by atoms with Crippen LogP contribution < -0.4 is 10.9 Å². The number of rotatable bonds is 3. The highest BCUT2D eigenvalue weighted by molar-refractivity contribution is 6.36. The number of carbonyl (C=O) groups excluding carboxylic acids is 2. The van der Waals surface area contributed by atoms with Crippen molar-refractivity contribution in [2.45, 2.75) is 13.0 Å². The average molecular weight is 339 g/mol. The van der Waals surface area contributed by atoms with E-state index in [1.165, 1.54) is 31.7 Å². The van der Waals surface area contributed by atoms with E-state index in [-0.39, 0.29) is 10.4 Å². The van der Waals surface area contributed by atoms with Crippen molar-refractivity contribution >= 4 is 34.4 Å². The van der Waals surface area contributed by atoms with Gasteiger partial charge in [0.25, 0.3) is 11.5 Å². The van der Waals surface area contributed by atoms with Gasteiger partial charge >= 0.3 is 5.97 Å². The number of carbonyl (C=O) groups is 2. The summed E-state index contributed by atoms with van der Waals surface area (Å²) in [5.74, 6) is -2.08. The number of nitrogens with one attached hydrogen (secondary N) is 1. The summed E-state index contributed by atoms with van der Waals surface area (Å²) in [6, 6.07) is 3.79. The molecule has 0 saturated heterocycles.